The van der Waals surface area contributed by atoms with E-state index in [9.17, 15) is 18.0 Å². The number of carbonyl (C=O) groups excluding carboxylic acids is 1. The van der Waals surface area contributed by atoms with Gasteiger partial charge in [0.05, 0.1) is 23.0 Å². The van der Waals surface area contributed by atoms with Crippen LogP contribution in [0.2, 0.25) is 0 Å². The van der Waals surface area contributed by atoms with Crippen LogP contribution in [0.5, 0.6) is 0 Å². The number of aromatic nitrogens is 4. The molecule has 1 aliphatic heterocycles. The number of rotatable bonds is 3. The van der Waals surface area contributed by atoms with Crippen molar-refractivity contribution in [2.75, 3.05) is 6.54 Å². The van der Waals surface area contributed by atoms with E-state index in [4.69, 9.17) is 0 Å². The van der Waals surface area contributed by atoms with Gasteiger partial charge in [-0.15, -0.1) is 0 Å². The van der Waals surface area contributed by atoms with Crippen LogP contribution in [0, 0.1) is 11.6 Å². The van der Waals surface area contributed by atoms with Crippen LogP contribution in [0.25, 0.3) is 22.3 Å². The summed E-state index contributed by atoms with van der Waals surface area (Å²) in [4.78, 5) is 19.4. The number of fused-ring (bicyclic) bond motifs is 2. The number of benzene rings is 1. The Morgan fingerprint density at radius 3 is 2.66 bits per heavy atom. The second kappa shape index (κ2) is 7.51. The lowest BCUT2D eigenvalue weighted by molar-refractivity contribution is 0.0675. The molecule has 1 atom stereocenters. The second-order valence-corrected chi connectivity index (χ2v) is 7.92. The molecule has 6 nitrogen and oxygen atoms in total. The third-order valence-corrected chi connectivity index (χ3v) is 6.06. The van der Waals surface area contributed by atoms with Gasteiger partial charge in [0.15, 0.2) is 6.80 Å². The smallest absolute Gasteiger partial charge is 0.255 e. The SMILES string of the molecule is C[C@H]1c2nn(C)c(-c3cc(F)cc(F)c3)c2CCN1C(=O)c1ccnc2c1ccn2C[18F]. The Balaban J connectivity index is 1.53. The van der Waals surface area contributed by atoms with Gasteiger partial charge < -0.3 is 9.47 Å². The van der Waals surface area contributed by atoms with E-state index in [1.54, 1.807) is 35.0 Å². The fourth-order valence-electron chi connectivity index (χ4n) is 4.60. The van der Waals surface area contributed by atoms with Crippen molar-refractivity contribution in [2.45, 2.75) is 26.2 Å². The molecule has 32 heavy (non-hydrogen) atoms. The quantitative estimate of drug-likeness (QED) is 0.476. The standard InChI is InChI=1S/C23H20F3N5O/c1-13-20-19(21(29(2)28-20)14-9-15(25)11-16(26)10-14)5-8-31(13)23(32)18-3-6-27-22-17(18)4-7-30(22)12-24/h3-4,6-7,9-11,13H,5,8,12H2,1-2H3/t13-/m0/s1/i24-1. The molecular formula is C23H20F3N5O. The molecule has 0 unspecified atom stereocenters. The predicted molar refractivity (Wildman–Crippen MR) is 113 cm³/mol. The van der Waals surface area contributed by atoms with E-state index in [0.717, 1.165) is 11.6 Å². The highest BCUT2D eigenvalue weighted by Gasteiger charge is 2.34. The Kier molecular flexibility index (Phi) is 4.76. The molecule has 4 heterocycles. The van der Waals surface area contributed by atoms with Gasteiger partial charge in [0.25, 0.3) is 5.91 Å². The third kappa shape index (κ3) is 3.07. The first kappa shape index (κ1) is 20.3. The minimum atomic E-state index is -0.727. The number of aryl methyl sites for hydroxylation is 1. The fourth-order valence-corrected chi connectivity index (χ4v) is 4.60. The molecule has 0 saturated heterocycles. The number of amides is 1. The van der Waals surface area contributed by atoms with Gasteiger partial charge in [-0.3, -0.25) is 9.48 Å². The Morgan fingerprint density at radius 2 is 1.94 bits per heavy atom. The molecule has 3 aromatic heterocycles. The van der Waals surface area contributed by atoms with Gasteiger partial charge in [0.1, 0.15) is 17.3 Å². The summed E-state index contributed by atoms with van der Waals surface area (Å²) >= 11 is 0. The molecule has 4 aromatic rings. The molecule has 0 aliphatic carbocycles. The lowest BCUT2D eigenvalue weighted by Gasteiger charge is -2.33. The van der Waals surface area contributed by atoms with E-state index < -0.39 is 18.4 Å². The fraction of sp³-hybridized carbons (Fsp3) is 0.261. The first-order valence-electron chi connectivity index (χ1n) is 10.2. The topological polar surface area (TPSA) is 56.0 Å². The van der Waals surface area contributed by atoms with E-state index in [0.29, 0.717) is 46.5 Å². The summed E-state index contributed by atoms with van der Waals surface area (Å²) in [5.41, 5.74) is 3.48. The summed E-state index contributed by atoms with van der Waals surface area (Å²) in [5, 5.41) is 5.17. The van der Waals surface area contributed by atoms with Gasteiger partial charge in [-0.2, -0.15) is 5.10 Å². The van der Waals surface area contributed by atoms with Crippen LogP contribution in [0.15, 0.2) is 42.7 Å². The van der Waals surface area contributed by atoms with E-state index >= 15 is 0 Å². The van der Waals surface area contributed by atoms with E-state index in [2.05, 4.69) is 10.1 Å². The molecule has 1 aliphatic rings. The Bertz CT molecular complexity index is 1340. The second-order valence-electron chi connectivity index (χ2n) is 7.92. The van der Waals surface area contributed by atoms with Crippen molar-refractivity contribution in [3.8, 4) is 11.3 Å². The number of hydrogen-bond donors (Lipinski definition) is 0. The predicted octanol–water partition coefficient (Wildman–Crippen LogP) is 4.40. The summed E-state index contributed by atoms with van der Waals surface area (Å²) in [7, 11) is 1.72. The normalized spacial score (nSPS) is 15.9. The van der Waals surface area contributed by atoms with Gasteiger partial charge in [0.2, 0.25) is 0 Å². The zero-order chi connectivity index (χ0) is 22.6. The number of alkyl halides is 1. The number of hydrogen-bond acceptors (Lipinski definition) is 3. The van der Waals surface area contributed by atoms with Crippen LogP contribution in [0.3, 0.4) is 0 Å². The van der Waals surface area contributed by atoms with Crippen molar-refractivity contribution in [1.29, 1.82) is 0 Å². The molecule has 0 radical (unpaired) electrons. The summed E-state index contributed by atoms with van der Waals surface area (Å²) in [6.45, 7) is 1.57. The highest BCUT2D eigenvalue weighted by atomic mass is 19.1. The number of nitrogens with zero attached hydrogens (tertiary/aromatic N) is 5. The van der Waals surface area contributed by atoms with E-state index in [1.165, 1.54) is 22.9 Å². The van der Waals surface area contributed by atoms with Crippen molar-refractivity contribution >= 4 is 16.9 Å². The summed E-state index contributed by atoms with van der Waals surface area (Å²) in [5.74, 6) is -1.51. The average Bonchev–Trinajstić information content (AvgIpc) is 3.33. The maximum atomic E-state index is 13.8. The number of halogens is 3. The Hall–Kier alpha value is -3.62. The minimum absolute atomic E-state index is 0.198. The molecule has 0 saturated carbocycles. The molecular weight excluding hydrogens is 418 g/mol. The molecule has 164 valence electrons. The van der Waals surface area contributed by atoms with Crippen LogP contribution < -0.4 is 0 Å². The molecule has 0 N–H and O–H groups in total. The van der Waals surface area contributed by atoms with Gasteiger partial charge in [0, 0.05) is 48.6 Å². The summed E-state index contributed by atoms with van der Waals surface area (Å²) in [6.07, 6.45) is 3.56. The number of pyridine rings is 1. The average molecular weight is 438 g/mol. The Labute approximate surface area is 181 Å². The minimum Gasteiger partial charge on any atom is -0.330 e. The highest BCUT2D eigenvalue weighted by molar-refractivity contribution is 6.05. The van der Waals surface area contributed by atoms with Gasteiger partial charge in [-0.1, -0.05) is 0 Å². The van der Waals surface area contributed by atoms with Gasteiger partial charge >= 0.3 is 0 Å². The monoisotopic (exact) mass is 438 g/mol. The largest absolute Gasteiger partial charge is 0.330 e. The maximum absolute atomic E-state index is 13.8. The highest BCUT2D eigenvalue weighted by Crippen LogP contribution is 2.37. The molecule has 0 bridgehead atoms. The van der Waals surface area contributed by atoms with Crippen LogP contribution in [0.1, 0.15) is 34.6 Å². The van der Waals surface area contributed by atoms with Gasteiger partial charge in [-0.05, 0) is 37.6 Å². The molecule has 0 fully saturated rings. The van der Waals surface area contributed by atoms with Gasteiger partial charge in [-0.25, -0.2) is 18.2 Å². The Morgan fingerprint density at radius 1 is 1.19 bits per heavy atom. The molecule has 1 aromatic carbocycles. The van der Waals surface area contributed by atoms with Crippen molar-refractivity contribution in [3.05, 3.63) is 71.2 Å². The number of carbonyl (C=O) groups is 1. The first-order chi connectivity index (χ1) is 15.4. The van der Waals surface area contributed by atoms with Crippen LogP contribution >= 0.6 is 0 Å². The van der Waals surface area contributed by atoms with Crippen molar-refractivity contribution < 1.29 is 18.0 Å². The molecule has 1 amide bonds. The van der Waals surface area contributed by atoms with Crippen LogP contribution in [-0.2, 0) is 20.3 Å². The van der Waals surface area contributed by atoms with Crippen molar-refractivity contribution in [1.82, 2.24) is 24.2 Å². The molecule has 0 spiro atoms. The van der Waals surface area contributed by atoms with E-state index in [1.807, 2.05) is 6.92 Å². The van der Waals surface area contributed by atoms with Crippen LogP contribution in [0.4, 0.5) is 13.2 Å². The van der Waals surface area contributed by atoms with Crippen LogP contribution in [-0.4, -0.2) is 36.7 Å². The maximum Gasteiger partial charge on any atom is 0.255 e. The zero-order valence-electron chi connectivity index (χ0n) is 17.5. The third-order valence-electron chi connectivity index (χ3n) is 6.06. The lowest BCUT2D eigenvalue weighted by atomic mass is 9.95. The summed E-state index contributed by atoms with van der Waals surface area (Å²) < 4.78 is 43.8. The summed E-state index contributed by atoms with van der Waals surface area (Å²) in [6, 6.07) is 6.37. The molecule has 5 rings (SSSR count). The lowest BCUT2D eigenvalue weighted by Crippen LogP contribution is -2.39. The van der Waals surface area contributed by atoms with Crippen molar-refractivity contribution in [2.24, 2.45) is 7.05 Å². The first-order valence-corrected chi connectivity index (χ1v) is 10.2. The van der Waals surface area contributed by atoms with E-state index in [-0.39, 0.29) is 11.9 Å². The van der Waals surface area contributed by atoms with Crippen molar-refractivity contribution in [3.63, 3.8) is 0 Å². The molecule has 9 heteroatoms. The zero-order valence-corrected chi connectivity index (χ0v) is 17.5.